The van der Waals surface area contributed by atoms with E-state index in [0.717, 1.165) is 12.2 Å². The van der Waals surface area contributed by atoms with Crippen molar-refractivity contribution < 1.29 is 18.3 Å². The minimum Gasteiger partial charge on any atom is -0.447 e. The maximum absolute atomic E-state index is 12.0. The van der Waals surface area contributed by atoms with Crippen LogP contribution in [0.4, 0.5) is 8.78 Å². The molecule has 0 bridgehead atoms. The zero-order valence-corrected chi connectivity index (χ0v) is 5.44. The molecule has 1 aliphatic heterocycles. The summed E-state index contributed by atoms with van der Waals surface area (Å²) in [5, 5.41) is -3.50. The van der Waals surface area contributed by atoms with E-state index in [4.69, 9.17) is 0 Å². The lowest BCUT2D eigenvalue weighted by atomic mass is 10.4. The van der Waals surface area contributed by atoms with Gasteiger partial charge in [0.25, 0.3) is 0 Å². The summed E-state index contributed by atoms with van der Waals surface area (Å²) in [5.41, 5.74) is 0. The molecule has 0 N–H and O–H groups in total. The SMILES string of the molecule is O=C1C=CC(C(F)(F)Cl)O1. The number of hydrogen-bond donors (Lipinski definition) is 0. The number of esters is 1. The minimum atomic E-state index is -3.50. The Bertz CT molecular complexity index is 185. The van der Waals surface area contributed by atoms with E-state index in [0.29, 0.717) is 0 Å². The molecule has 0 saturated heterocycles. The molecule has 0 aromatic carbocycles. The summed E-state index contributed by atoms with van der Waals surface area (Å²) in [6.45, 7) is 0. The number of cyclic esters (lactones) is 1. The molecule has 1 unspecified atom stereocenters. The fraction of sp³-hybridized carbons (Fsp3) is 0.400. The zero-order chi connectivity index (χ0) is 7.78. The highest BCUT2D eigenvalue weighted by molar-refractivity contribution is 6.22. The van der Waals surface area contributed by atoms with Crippen molar-refractivity contribution in [3.05, 3.63) is 12.2 Å². The second kappa shape index (κ2) is 2.20. The largest absolute Gasteiger partial charge is 0.447 e. The standard InChI is InChI=1S/C5H3ClF2O2/c6-5(7,8)3-1-2-4(9)10-3/h1-3H. The smallest absolute Gasteiger partial charge is 0.361 e. The summed E-state index contributed by atoms with van der Waals surface area (Å²) in [5.74, 6) is -0.787. The third-order valence-corrected chi connectivity index (χ3v) is 1.19. The second-order valence-corrected chi connectivity index (χ2v) is 2.26. The highest BCUT2D eigenvalue weighted by Crippen LogP contribution is 2.29. The third kappa shape index (κ3) is 1.44. The molecule has 0 spiro atoms. The van der Waals surface area contributed by atoms with E-state index in [-0.39, 0.29) is 0 Å². The van der Waals surface area contributed by atoms with E-state index in [2.05, 4.69) is 16.3 Å². The number of rotatable bonds is 1. The Morgan fingerprint density at radius 3 is 2.50 bits per heavy atom. The van der Waals surface area contributed by atoms with Gasteiger partial charge in [-0.3, -0.25) is 0 Å². The van der Waals surface area contributed by atoms with Crippen LogP contribution in [0.15, 0.2) is 12.2 Å². The molecule has 56 valence electrons. The van der Waals surface area contributed by atoms with Gasteiger partial charge in [-0.05, 0) is 17.7 Å². The van der Waals surface area contributed by atoms with Crippen LogP contribution in [-0.2, 0) is 9.53 Å². The molecule has 10 heavy (non-hydrogen) atoms. The van der Waals surface area contributed by atoms with Gasteiger partial charge in [-0.15, -0.1) is 0 Å². The van der Waals surface area contributed by atoms with E-state index in [1.807, 2.05) is 0 Å². The molecule has 1 rings (SSSR count). The topological polar surface area (TPSA) is 26.3 Å². The van der Waals surface area contributed by atoms with E-state index in [1.165, 1.54) is 0 Å². The molecule has 1 heterocycles. The number of carbonyl (C=O) groups is 1. The van der Waals surface area contributed by atoms with Crippen LogP contribution in [0, 0.1) is 0 Å². The summed E-state index contributed by atoms with van der Waals surface area (Å²) in [6, 6.07) is 0. The summed E-state index contributed by atoms with van der Waals surface area (Å²) in [7, 11) is 0. The molecule has 2 nitrogen and oxygen atoms in total. The van der Waals surface area contributed by atoms with Crippen LogP contribution in [0.1, 0.15) is 0 Å². The number of halogens is 3. The van der Waals surface area contributed by atoms with Gasteiger partial charge in [0.15, 0.2) is 6.10 Å². The second-order valence-electron chi connectivity index (χ2n) is 1.76. The van der Waals surface area contributed by atoms with Gasteiger partial charge in [-0.1, -0.05) is 0 Å². The van der Waals surface area contributed by atoms with Crippen LogP contribution in [0.2, 0.25) is 0 Å². The average Bonchev–Trinajstić information content (AvgIpc) is 2.11. The fourth-order valence-corrected chi connectivity index (χ4v) is 0.663. The Morgan fingerprint density at radius 1 is 1.70 bits per heavy atom. The van der Waals surface area contributed by atoms with Gasteiger partial charge >= 0.3 is 11.4 Å². The normalized spacial score (nSPS) is 25.1. The number of alkyl halides is 3. The van der Waals surface area contributed by atoms with Crippen molar-refractivity contribution in [2.75, 3.05) is 0 Å². The van der Waals surface area contributed by atoms with Gasteiger partial charge in [0.2, 0.25) is 0 Å². The van der Waals surface area contributed by atoms with Crippen LogP contribution < -0.4 is 0 Å². The van der Waals surface area contributed by atoms with E-state index < -0.39 is 17.5 Å². The lowest BCUT2D eigenvalue weighted by molar-refractivity contribution is -0.146. The highest BCUT2D eigenvalue weighted by atomic mass is 35.5. The van der Waals surface area contributed by atoms with Gasteiger partial charge in [0.05, 0.1) is 0 Å². The number of ether oxygens (including phenoxy) is 1. The molecule has 0 amide bonds. The Hall–Kier alpha value is -0.640. The van der Waals surface area contributed by atoms with Gasteiger partial charge in [0.1, 0.15) is 0 Å². The number of carbonyl (C=O) groups excluding carboxylic acids is 1. The molecule has 0 aromatic heterocycles. The maximum atomic E-state index is 12.0. The zero-order valence-electron chi connectivity index (χ0n) is 4.68. The molecule has 0 aliphatic carbocycles. The minimum absolute atomic E-state index is 0.787. The van der Waals surface area contributed by atoms with Crippen molar-refractivity contribution in [3.63, 3.8) is 0 Å². The Balaban J connectivity index is 2.63. The first kappa shape index (κ1) is 7.47. The number of hydrogen-bond acceptors (Lipinski definition) is 2. The molecule has 1 aliphatic rings. The Morgan fingerprint density at radius 2 is 2.30 bits per heavy atom. The Labute approximate surface area is 60.4 Å². The van der Waals surface area contributed by atoms with Gasteiger partial charge in [-0.2, -0.15) is 8.78 Å². The first-order chi connectivity index (χ1) is 4.50. The van der Waals surface area contributed by atoms with Crippen molar-refractivity contribution in [1.29, 1.82) is 0 Å². The summed E-state index contributed by atoms with van der Waals surface area (Å²) in [6.07, 6.45) is 0.234. The average molecular weight is 169 g/mol. The third-order valence-electron chi connectivity index (χ3n) is 0.973. The Kier molecular flexibility index (Phi) is 1.64. The predicted octanol–water partition coefficient (Wildman–Crippen LogP) is 1.30. The lowest BCUT2D eigenvalue weighted by Gasteiger charge is -2.12. The predicted molar refractivity (Wildman–Crippen MR) is 29.8 cm³/mol. The molecule has 0 radical (unpaired) electrons. The van der Waals surface area contributed by atoms with Gasteiger partial charge < -0.3 is 4.74 Å². The lowest BCUT2D eigenvalue weighted by Crippen LogP contribution is -2.26. The molecule has 1 atom stereocenters. The quantitative estimate of drug-likeness (QED) is 0.436. The van der Waals surface area contributed by atoms with Crippen LogP contribution in [0.5, 0.6) is 0 Å². The van der Waals surface area contributed by atoms with Crippen LogP contribution in [0.25, 0.3) is 0 Å². The van der Waals surface area contributed by atoms with Gasteiger partial charge in [-0.25, -0.2) is 4.79 Å². The summed E-state index contributed by atoms with van der Waals surface area (Å²) < 4.78 is 28.2. The first-order valence-corrected chi connectivity index (χ1v) is 2.83. The van der Waals surface area contributed by atoms with E-state index in [1.54, 1.807) is 0 Å². The molecule has 0 aromatic rings. The van der Waals surface area contributed by atoms with Gasteiger partial charge in [0, 0.05) is 6.08 Å². The van der Waals surface area contributed by atoms with Crippen LogP contribution in [-0.4, -0.2) is 17.5 Å². The summed E-state index contributed by atoms with van der Waals surface area (Å²) >= 11 is 4.54. The van der Waals surface area contributed by atoms with Crippen molar-refractivity contribution in [2.24, 2.45) is 0 Å². The molecule has 5 heteroatoms. The van der Waals surface area contributed by atoms with Crippen molar-refractivity contribution in [3.8, 4) is 0 Å². The molecular formula is C5H3ClF2O2. The summed E-state index contributed by atoms with van der Waals surface area (Å²) in [4.78, 5) is 10.2. The van der Waals surface area contributed by atoms with Crippen molar-refractivity contribution >= 4 is 17.6 Å². The van der Waals surface area contributed by atoms with Crippen molar-refractivity contribution in [2.45, 2.75) is 11.5 Å². The highest BCUT2D eigenvalue weighted by Gasteiger charge is 2.40. The van der Waals surface area contributed by atoms with E-state index >= 15 is 0 Å². The fourth-order valence-electron chi connectivity index (χ4n) is 0.546. The first-order valence-electron chi connectivity index (χ1n) is 2.45. The molecule has 0 saturated carbocycles. The molecule has 0 fully saturated rings. The van der Waals surface area contributed by atoms with Crippen molar-refractivity contribution in [1.82, 2.24) is 0 Å². The van der Waals surface area contributed by atoms with E-state index in [9.17, 15) is 13.6 Å². The monoisotopic (exact) mass is 168 g/mol. The molecular weight excluding hydrogens is 166 g/mol. The maximum Gasteiger partial charge on any atom is 0.361 e. The van der Waals surface area contributed by atoms with Crippen LogP contribution in [0.3, 0.4) is 0 Å². The van der Waals surface area contributed by atoms with Crippen LogP contribution >= 0.6 is 11.6 Å².